The third kappa shape index (κ3) is 5.33. The maximum absolute atomic E-state index is 12.2. The normalized spacial score (nSPS) is 12.4. The third-order valence-electron chi connectivity index (χ3n) is 4.63. The Morgan fingerprint density at radius 2 is 1.87 bits per heavy atom. The standard InChI is InChI=1S/C23H27N3O5/c1-14-10-11-26-18(13-17(21(27)28)24-22(29)31-23(2,3)4)20(25-19(26)12-14)15-6-8-16(30-5)9-7-15/h6-12,17H,13H2,1-5H3,(H,24,29)(H,27,28). The Morgan fingerprint density at radius 1 is 1.19 bits per heavy atom. The van der Waals surface area contributed by atoms with E-state index in [2.05, 4.69) is 5.32 Å². The van der Waals surface area contributed by atoms with Crippen molar-refractivity contribution >= 4 is 17.7 Å². The van der Waals surface area contributed by atoms with Crippen LogP contribution >= 0.6 is 0 Å². The molecule has 8 heteroatoms. The molecule has 0 bridgehead atoms. The summed E-state index contributed by atoms with van der Waals surface area (Å²) in [5, 5.41) is 12.2. The molecule has 0 fully saturated rings. The molecule has 31 heavy (non-hydrogen) atoms. The average Bonchev–Trinajstić information content (AvgIpc) is 3.03. The molecule has 0 aliphatic heterocycles. The number of carboxylic acids is 1. The van der Waals surface area contributed by atoms with Crippen molar-refractivity contribution in [1.29, 1.82) is 0 Å². The second kappa shape index (κ2) is 8.67. The van der Waals surface area contributed by atoms with Gasteiger partial charge >= 0.3 is 12.1 Å². The molecule has 2 aromatic heterocycles. The first-order valence-corrected chi connectivity index (χ1v) is 9.91. The predicted molar refractivity (Wildman–Crippen MR) is 116 cm³/mol. The Balaban J connectivity index is 2.01. The number of fused-ring (bicyclic) bond motifs is 1. The zero-order valence-electron chi connectivity index (χ0n) is 18.3. The Bertz CT molecular complexity index is 1100. The number of carboxylic acid groups (broad SMARTS) is 1. The summed E-state index contributed by atoms with van der Waals surface area (Å²) in [7, 11) is 1.59. The maximum Gasteiger partial charge on any atom is 0.408 e. The predicted octanol–water partition coefficient (Wildman–Crippen LogP) is 3.84. The van der Waals surface area contributed by atoms with Crippen LogP contribution in [0.5, 0.6) is 5.75 Å². The highest BCUT2D eigenvalue weighted by molar-refractivity contribution is 5.81. The molecule has 0 radical (unpaired) electrons. The summed E-state index contributed by atoms with van der Waals surface area (Å²) >= 11 is 0. The number of ether oxygens (including phenoxy) is 2. The number of rotatable bonds is 6. The largest absolute Gasteiger partial charge is 0.497 e. The number of imidazole rings is 1. The van der Waals surface area contributed by atoms with Crippen LogP contribution in [0, 0.1) is 6.92 Å². The van der Waals surface area contributed by atoms with Crippen molar-refractivity contribution in [2.45, 2.75) is 45.8 Å². The number of hydrogen-bond donors (Lipinski definition) is 2. The van der Waals surface area contributed by atoms with Crippen molar-refractivity contribution in [2.75, 3.05) is 7.11 Å². The zero-order valence-corrected chi connectivity index (χ0v) is 18.3. The Kier molecular flexibility index (Phi) is 6.19. The second-order valence-corrected chi connectivity index (χ2v) is 8.31. The minimum absolute atomic E-state index is 0.0279. The minimum Gasteiger partial charge on any atom is -0.497 e. The van der Waals surface area contributed by atoms with Crippen molar-refractivity contribution in [3.8, 4) is 17.0 Å². The molecule has 1 unspecified atom stereocenters. The minimum atomic E-state index is -1.19. The SMILES string of the molecule is COc1ccc(-c2nc3cc(C)ccn3c2CC(NC(=O)OC(C)(C)C)C(=O)O)cc1. The number of aryl methyl sites for hydroxylation is 1. The van der Waals surface area contributed by atoms with Crippen LogP contribution in [0.25, 0.3) is 16.9 Å². The van der Waals surface area contributed by atoms with E-state index in [0.29, 0.717) is 22.8 Å². The molecule has 1 atom stereocenters. The van der Waals surface area contributed by atoms with Crippen LogP contribution in [0.2, 0.25) is 0 Å². The highest BCUT2D eigenvalue weighted by Crippen LogP contribution is 2.28. The number of aliphatic carboxylic acids is 1. The number of nitrogens with zero attached hydrogens (tertiary/aromatic N) is 2. The van der Waals surface area contributed by atoms with E-state index >= 15 is 0 Å². The van der Waals surface area contributed by atoms with Gasteiger partial charge < -0.3 is 24.3 Å². The van der Waals surface area contributed by atoms with E-state index in [0.717, 1.165) is 11.1 Å². The molecule has 0 saturated carbocycles. The van der Waals surface area contributed by atoms with Crippen LogP contribution in [0.15, 0.2) is 42.6 Å². The summed E-state index contributed by atoms with van der Waals surface area (Å²) in [5.41, 5.74) is 3.13. The molecular formula is C23H27N3O5. The van der Waals surface area contributed by atoms with Crippen LogP contribution in [0.4, 0.5) is 4.79 Å². The fourth-order valence-electron chi connectivity index (χ4n) is 3.22. The third-order valence-corrected chi connectivity index (χ3v) is 4.63. The molecule has 0 aliphatic carbocycles. The van der Waals surface area contributed by atoms with Crippen molar-refractivity contribution in [1.82, 2.24) is 14.7 Å². The summed E-state index contributed by atoms with van der Waals surface area (Å²) in [6, 6.07) is 10.0. The molecule has 2 N–H and O–H groups in total. The number of methoxy groups -OCH3 is 1. The van der Waals surface area contributed by atoms with Gasteiger partial charge in [-0.2, -0.15) is 0 Å². The summed E-state index contributed by atoms with van der Waals surface area (Å²) in [6.45, 7) is 7.12. The molecular weight excluding hydrogens is 398 g/mol. The molecule has 1 amide bonds. The number of hydrogen-bond acceptors (Lipinski definition) is 5. The van der Waals surface area contributed by atoms with Crippen molar-refractivity contribution in [3.63, 3.8) is 0 Å². The van der Waals surface area contributed by atoms with E-state index in [9.17, 15) is 14.7 Å². The highest BCUT2D eigenvalue weighted by atomic mass is 16.6. The van der Waals surface area contributed by atoms with Gasteiger partial charge in [0.2, 0.25) is 0 Å². The van der Waals surface area contributed by atoms with E-state index in [4.69, 9.17) is 14.5 Å². The van der Waals surface area contributed by atoms with E-state index in [1.165, 1.54) is 0 Å². The van der Waals surface area contributed by atoms with Gasteiger partial charge in [-0.05, 0) is 69.7 Å². The number of aromatic nitrogens is 2. The van der Waals surface area contributed by atoms with Crippen LogP contribution in [0.3, 0.4) is 0 Å². The number of benzene rings is 1. The van der Waals surface area contributed by atoms with Gasteiger partial charge in [0.05, 0.1) is 18.5 Å². The molecule has 3 rings (SSSR count). The van der Waals surface area contributed by atoms with Gasteiger partial charge in [0.25, 0.3) is 0 Å². The topological polar surface area (TPSA) is 102 Å². The smallest absolute Gasteiger partial charge is 0.408 e. The van der Waals surface area contributed by atoms with Crippen molar-refractivity contribution in [2.24, 2.45) is 0 Å². The first-order chi connectivity index (χ1) is 14.6. The summed E-state index contributed by atoms with van der Waals surface area (Å²) in [5.74, 6) is -0.450. The zero-order chi connectivity index (χ0) is 22.8. The number of nitrogens with one attached hydrogen (secondary N) is 1. The lowest BCUT2D eigenvalue weighted by Crippen LogP contribution is -2.44. The number of carbonyl (C=O) groups is 2. The first kappa shape index (κ1) is 22.1. The molecule has 164 valence electrons. The average molecular weight is 425 g/mol. The van der Waals surface area contributed by atoms with Crippen molar-refractivity contribution < 1.29 is 24.2 Å². The first-order valence-electron chi connectivity index (χ1n) is 9.91. The lowest BCUT2D eigenvalue weighted by atomic mass is 10.0. The molecule has 3 aromatic rings. The quantitative estimate of drug-likeness (QED) is 0.622. The van der Waals surface area contributed by atoms with Crippen LogP contribution in [0.1, 0.15) is 32.0 Å². The van der Waals surface area contributed by atoms with E-state index < -0.39 is 23.7 Å². The summed E-state index contributed by atoms with van der Waals surface area (Å²) in [6.07, 6.45) is 1.10. The van der Waals surface area contributed by atoms with Gasteiger partial charge in [-0.25, -0.2) is 14.6 Å². The fraction of sp³-hybridized carbons (Fsp3) is 0.348. The molecule has 1 aromatic carbocycles. The van der Waals surface area contributed by atoms with Gasteiger partial charge in [-0.1, -0.05) is 0 Å². The van der Waals surface area contributed by atoms with Gasteiger partial charge in [-0.15, -0.1) is 0 Å². The summed E-state index contributed by atoms with van der Waals surface area (Å²) in [4.78, 5) is 28.9. The Hall–Kier alpha value is -3.55. The Morgan fingerprint density at radius 3 is 2.45 bits per heavy atom. The highest BCUT2D eigenvalue weighted by Gasteiger charge is 2.27. The lowest BCUT2D eigenvalue weighted by Gasteiger charge is -2.22. The van der Waals surface area contributed by atoms with Crippen LogP contribution in [-0.2, 0) is 16.0 Å². The molecule has 2 heterocycles. The molecule has 0 aliphatic rings. The number of alkyl carbamates (subject to hydrolysis) is 1. The molecule has 0 spiro atoms. The lowest BCUT2D eigenvalue weighted by molar-refractivity contribution is -0.139. The number of amides is 1. The van der Waals surface area contributed by atoms with E-state index in [-0.39, 0.29) is 6.42 Å². The Labute approximate surface area is 180 Å². The number of carbonyl (C=O) groups excluding carboxylic acids is 1. The number of pyridine rings is 1. The monoisotopic (exact) mass is 425 g/mol. The van der Waals surface area contributed by atoms with Gasteiger partial charge in [0.1, 0.15) is 23.0 Å². The van der Waals surface area contributed by atoms with Crippen molar-refractivity contribution in [3.05, 3.63) is 53.9 Å². The summed E-state index contributed by atoms with van der Waals surface area (Å²) < 4.78 is 12.3. The van der Waals surface area contributed by atoms with Crippen LogP contribution < -0.4 is 10.1 Å². The fourth-order valence-corrected chi connectivity index (χ4v) is 3.22. The molecule has 0 saturated heterocycles. The van der Waals surface area contributed by atoms with Gasteiger partial charge in [-0.3, -0.25) is 0 Å². The second-order valence-electron chi connectivity index (χ2n) is 8.31. The van der Waals surface area contributed by atoms with E-state index in [1.807, 2.05) is 53.9 Å². The van der Waals surface area contributed by atoms with Gasteiger partial charge in [0, 0.05) is 18.2 Å². The molecule has 8 nitrogen and oxygen atoms in total. The van der Waals surface area contributed by atoms with E-state index in [1.54, 1.807) is 27.9 Å². The maximum atomic E-state index is 12.2. The van der Waals surface area contributed by atoms with Crippen LogP contribution in [-0.4, -0.2) is 45.3 Å². The van der Waals surface area contributed by atoms with Gasteiger partial charge in [0.15, 0.2) is 0 Å².